The highest BCUT2D eigenvalue weighted by Gasteiger charge is 2.52. The normalized spacial score (nSPS) is 23.4. The molecule has 1 fully saturated rings. The number of amidine groups is 1. The van der Waals surface area contributed by atoms with E-state index in [0.717, 1.165) is 22.4 Å². The van der Waals surface area contributed by atoms with Gasteiger partial charge in [-0.2, -0.15) is 0 Å². The molecule has 7 nitrogen and oxygen atoms in total. The lowest BCUT2D eigenvalue weighted by atomic mass is 9.77. The third-order valence-corrected chi connectivity index (χ3v) is 5.73. The Balaban J connectivity index is 1.77. The number of rotatable bonds is 5. The monoisotopic (exact) mass is 410 g/mol. The van der Waals surface area contributed by atoms with E-state index >= 15 is 0 Å². The molecular formula is C22H33BN5O2+. The van der Waals surface area contributed by atoms with E-state index in [0.29, 0.717) is 17.6 Å². The zero-order valence-electron chi connectivity index (χ0n) is 19.0. The number of fused-ring (bicyclic) bond motifs is 1. The Morgan fingerprint density at radius 2 is 1.83 bits per heavy atom. The van der Waals surface area contributed by atoms with Crippen molar-refractivity contribution in [2.75, 3.05) is 7.05 Å². The van der Waals surface area contributed by atoms with Gasteiger partial charge in [0.2, 0.25) is 0 Å². The van der Waals surface area contributed by atoms with Crippen molar-refractivity contribution in [3.63, 3.8) is 0 Å². The third kappa shape index (κ3) is 4.60. The Morgan fingerprint density at radius 3 is 2.43 bits per heavy atom. The summed E-state index contributed by atoms with van der Waals surface area (Å²) in [5.74, 6) is 1.44. The second-order valence-electron chi connectivity index (χ2n) is 8.96. The molecule has 0 aromatic heterocycles. The van der Waals surface area contributed by atoms with E-state index in [9.17, 15) is 0 Å². The van der Waals surface area contributed by atoms with Crippen LogP contribution in [0.1, 0.15) is 41.5 Å². The summed E-state index contributed by atoms with van der Waals surface area (Å²) < 4.78 is 12.3. The van der Waals surface area contributed by atoms with Gasteiger partial charge in [-0.1, -0.05) is 13.8 Å². The summed E-state index contributed by atoms with van der Waals surface area (Å²) in [7, 11) is 1.43. The van der Waals surface area contributed by atoms with Crippen LogP contribution in [0.15, 0.2) is 63.8 Å². The van der Waals surface area contributed by atoms with Gasteiger partial charge in [0.25, 0.3) is 0 Å². The predicted molar refractivity (Wildman–Crippen MR) is 122 cm³/mol. The van der Waals surface area contributed by atoms with Crippen LogP contribution in [0.25, 0.3) is 0 Å². The largest absolute Gasteiger partial charge is 0.496 e. The van der Waals surface area contributed by atoms with Crippen molar-refractivity contribution in [2.24, 2.45) is 16.6 Å². The molecule has 160 valence electrons. The van der Waals surface area contributed by atoms with E-state index in [2.05, 4.69) is 34.5 Å². The maximum absolute atomic E-state index is 6.17. The van der Waals surface area contributed by atoms with Crippen molar-refractivity contribution in [1.82, 2.24) is 10.6 Å². The van der Waals surface area contributed by atoms with E-state index in [-0.39, 0.29) is 11.2 Å². The molecule has 0 radical (unpaired) electrons. The van der Waals surface area contributed by atoms with Gasteiger partial charge in [-0.05, 0) is 57.9 Å². The van der Waals surface area contributed by atoms with Crippen molar-refractivity contribution < 1.29 is 14.3 Å². The van der Waals surface area contributed by atoms with Crippen molar-refractivity contribution in [1.29, 1.82) is 0 Å². The van der Waals surface area contributed by atoms with Crippen molar-refractivity contribution >= 4 is 19.2 Å². The average molecular weight is 410 g/mol. The van der Waals surface area contributed by atoms with E-state index in [1.165, 1.54) is 0 Å². The van der Waals surface area contributed by atoms with Crippen LogP contribution in [-0.4, -0.2) is 37.4 Å². The molecule has 30 heavy (non-hydrogen) atoms. The maximum atomic E-state index is 6.17. The highest BCUT2D eigenvalue weighted by Crippen LogP contribution is 2.39. The van der Waals surface area contributed by atoms with Gasteiger partial charge in [-0.3, -0.25) is 4.99 Å². The number of nitrogens with two attached hydrogens (primary N) is 1. The molecule has 0 unspecified atom stereocenters. The molecule has 0 saturated carbocycles. The van der Waals surface area contributed by atoms with Gasteiger partial charge in [0.1, 0.15) is 18.7 Å². The zero-order valence-corrected chi connectivity index (χ0v) is 19.0. The topological polar surface area (TPSA) is 94.9 Å². The number of hydrogen-bond donors (Lipinski definition) is 4. The molecule has 3 rings (SSSR count). The summed E-state index contributed by atoms with van der Waals surface area (Å²) in [6.45, 7) is 12.4. The van der Waals surface area contributed by atoms with Gasteiger partial charge in [0, 0.05) is 17.2 Å². The van der Waals surface area contributed by atoms with Gasteiger partial charge < -0.3 is 25.7 Å². The van der Waals surface area contributed by atoms with Crippen molar-refractivity contribution in [3.8, 4) is 0 Å². The second-order valence-corrected chi connectivity index (χ2v) is 8.96. The maximum Gasteiger partial charge on any atom is 0.496 e. The fourth-order valence-corrected chi connectivity index (χ4v) is 3.17. The second kappa shape index (κ2) is 8.28. The van der Waals surface area contributed by atoms with Crippen LogP contribution in [0.2, 0.25) is 0 Å². The summed E-state index contributed by atoms with van der Waals surface area (Å²) in [5, 5.41) is 6.63. The van der Waals surface area contributed by atoms with Gasteiger partial charge >= 0.3 is 7.12 Å². The van der Waals surface area contributed by atoms with E-state index in [4.69, 9.17) is 15.0 Å². The summed E-state index contributed by atoms with van der Waals surface area (Å²) in [6, 6.07) is 0. The quantitative estimate of drug-likeness (QED) is 0.309. The molecule has 0 spiro atoms. The molecular weight excluding hydrogens is 377 g/mol. The van der Waals surface area contributed by atoms with Gasteiger partial charge in [-0.15, -0.1) is 0 Å². The van der Waals surface area contributed by atoms with Crippen molar-refractivity contribution in [3.05, 3.63) is 58.8 Å². The Labute approximate surface area is 179 Å². The number of nitrogens with zero attached hydrogens (tertiary/aromatic N) is 1. The molecule has 0 aromatic rings. The molecule has 0 aromatic carbocycles. The average Bonchev–Trinajstić information content (AvgIpc) is 2.88. The predicted octanol–water partition coefficient (Wildman–Crippen LogP) is 1.04. The molecule has 0 bridgehead atoms. The lowest BCUT2D eigenvalue weighted by Gasteiger charge is -2.32. The highest BCUT2D eigenvalue weighted by atomic mass is 16.7. The Morgan fingerprint density at radius 1 is 1.17 bits per heavy atom. The van der Waals surface area contributed by atoms with Crippen LogP contribution < -0.4 is 21.4 Å². The zero-order chi connectivity index (χ0) is 22.1. The molecule has 1 saturated heterocycles. The molecule has 0 amide bonds. The van der Waals surface area contributed by atoms with Gasteiger partial charge in [0.05, 0.1) is 22.6 Å². The molecule has 3 aliphatic rings. The molecule has 5 N–H and O–H groups in total. The molecule has 8 heteroatoms. The number of hydrogen-bond acceptors (Lipinski definition) is 5. The van der Waals surface area contributed by atoms with Crippen LogP contribution >= 0.6 is 0 Å². The van der Waals surface area contributed by atoms with Crippen LogP contribution in [0.3, 0.4) is 0 Å². The van der Waals surface area contributed by atoms with E-state index in [1.807, 2.05) is 71.5 Å². The first kappa shape index (κ1) is 22.1. The number of dihydropyridines is 2. The summed E-state index contributed by atoms with van der Waals surface area (Å²) in [4.78, 5) is 7.57. The minimum atomic E-state index is -0.435. The molecule has 3 heterocycles. The van der Waals surface area contributed by atoms with Gasteiger partial charge in [0.15, 0.2) is 6.21 Å². The SMILES string of the molecule is C[NH+]=CC(=CC(N)=NC1=CC=C2NC=C(B3OC(C)(C)C(C)(C)O3)C=C2N1)C(C)C. The Bertz CT molecular complexity index is 904. The fraction of sp³-hybridized carbons (Fsp3) is 0.455. The standard InChI is InChI=1S/C22H32BN5O2/c1-14(2)15(12-25-7)10-19(24)28-20-9-8-17-18(27-20)11-16(13-26-17)23-29-21(3,4)22(5,6)30-23/h8-14,26-27H,1-7H3,(H2,24,28)/p+1. The van der Waals surface area contributed by atoms with Crippen LogP contribution in [0.5, 0.6) is 0 Å². The van der Waals surface area contributed by atoms with Crippen molar-refractivity contribution in [2.45, 2.75) is 52.7 Å². The minimum absolute atomic E-state index is 0.337. The first-order valence-corrected chi connectivity index (χ1v) is 10.3. The Kier molecular flexibility index (Phi) is 6.10. The molecule has 3 aliphatic heterocycles. The van der Waals surface area contributed by atoms with Crippen LogP contribution in [-0.2, 0) is 9.31 Å². The lowest BCUT2D eigenvalue weighted by molar-refractivity contribution is -0.413. The number of allylic oxidation sites excluding steroid dienone is 5. The fourth-order valence-electron chi connectivity index (χ4n) is 3.17. The van der Waals surface area contributed by atoms with E-state index in [1.54, 1.807) is 0 Å². The molecule has 0 aliphatic carbocycles. The molecule has 0 atom stereocenters. The lowest BCUT2D eigenvalue weighted by Crippen LogP contribution is -2.63. The summed E-state index contributed by atoms with van der Waals surface area (Å²) in [6.07, 6.45) is 11.6. The third-order valence-electron chi connectivity index (χ3n) is 5.73. The first-order chi connectivity index (χ1) is 14.0. The first-order valence-electron chi connectivity index (χ1n) is 10.3. The Hall–Kier alpha value is -2.58. The number of aliphatic imine (C=N–C) groups is 1. The summed E-state index contributed by atoms with van der Waals surface area (Å²) in [5.41, 5.74) is 9.23. The number of nitrogens with one attached hydrogen (secondary N) is 3. The smallest absolute Gasteiger partial charge is 0.399 e. The minimum Gasteiger partial charge on any atom is -0.399 e. The van der Waals surface area contributed by atoms with E-state index < -0.39 is 7.12 Å². The van der Waals surface area contributed by atoms with Crippen LogP contribution in [0, 0.1) is 5.92 Å². The highest BCUT2D eigenvalue weighted by molar-refractivity contribution is 6.55. The van der Waals surface area contributed by atoms with Gasteiger partial charge in [-0.25, -0.2) is 4.99 Å². The van der Waals surface area contributed by atoms with Crippen LogP contribution in [0.4, 0.5) is 0 Å². The summed E-state index contributed by atoms with van der Waals surface area (Å²) >= 11 is 0.